The van der Waals surface area contributed by atoms with Crippen LogP contribution in [0.25, 0.3) is 11.0 Å². The zero-order valence-corrected chi connectivity index (χ0v) is 11.7. The van der Waals surface area contributed by atoms with Gasteiger partial charge >= 0.3 is 0 Å². The molecule has 0 saturated heterocycles. The first kappa shape index (κ1) is 12.9. The van der Waals surface area contributed by atoms with Crippen LogP contribution in [0.4, 0.5) is 5.69 Å². The predicted octanol–water partition coefficient (Wildman–Crippen LogP) is 2.74. The van der Waals surface area contributed by atoms with Crippen LogP contribution in [0.1, 0.15) is 5.56 Å². The first-order valence-electron chi connectivity index (χ1n) is 6.25. The molecule has 0 aliphatic heterocycles. The number of hydrazine groups is 1. The molecule has 5 nitrogen and oxygen atoms in total. The molecule has 20 heavy (non-hydrogen) atoms. The van der Waals surface area contributed by atoms with Crippen LogP contribution in [0.15, 0.2) is 42.5 Å². The molecule has 0 radical (unpaired) electrons. The molecule has 1 aromatic heterocycles. The molecule has 0 bridgehead atoms. The quantitative estimate of drug-likeness (QED) is 0.725. The van der Waals surface area contributed by atoms with Crippen LogP contribution in [0.2, 0.25) is 5.02 Å². The largest absolute Gasteiger partial charge is 0.321 e. The van der Waals surface area contributed by atoms with E-state index in [1.54, 1.807) is 4.68 Å². The third-order valence-corrected chi connectivity index (χ3v) is 3.30. The summed E-state index contributed by atoms with van der Waals surface area (Å²) in [6.07, 6.45) is 0. The molecule has 1 heterocycles. The fourth-order valence-electron chi connectivity index (χ4n) is 1.97. The number of halogens is 1. The van der Waals surface area contributed by atoms with E-state index in [1.165, 1.54) is 0 Å². The van der Waals surface area contributed by atoms with Crippen molar-refractivity contribution < 1.29 is 0 Å². The molecule has 2 aromatic carbocycles. The fraction of sp³-hybridized carbons (Fsp3) is 0.143. The van der Waals surface area contributed by atoms with E-state index in [4.69, 9.17) is 11.6 Å². The van der Waals surface area contributed by atoms with Gasteiger partial charge in [-0.15, -0.1) is 5.10 Å². The van der Waals surface area contributed by atoms with Gasteiger partial charge in [-0.3, -0.25) is 0 Å². The van der Waals surface area contributed by atoms with Crippen molar-refractivity contribution in [1.82, 2.24) is 20.4 Å². The van der Waals surface area contributed by atoms with Gasteiger partial charge in [-0.2, -0.15) is 0 Å². The Kier molecular flexibility index (Phi) is 3.54. The number of aromatic nitrogens is 3. The molecule has 2 N–H and O–H groups in total. The van der Waals surface area contributed by atoms with Crippen molar-refractivity contribution in [3.05, 3.63) is 53.1 Å². The topological polar surface area (TPSA) is 54.8 Å². The van der Waals surface area contributed by atoms with Crippen molar-refractivity contribution in [3.8, 4) is 0 Å². The van der Waals surface area contributed by atoms with E-state index < -0.39 is 0 Å². The summed E-state index contributed by atoms with van der Waals surface area (Å²) in [5.41, 5.74) is 10.4. The summed E-state index contributed by atoms with van der Waals surface area (Å²) < 4.78 is 1.77. The van der Waals surface area contributed by atoms with Gasteiger partial charge in [0.1, 0.15) is 5.52 Å². The average Bonchev–Trinajstić information content (AvgIpc) is 2.83. The summed E-state index contributed by atoms with van der Waals surface area (Å²) in [5.74, 6) is 0. The molecule has 102 valence electrons. The third-order valence-electron chi connectivity index (χ3n) is 3.04. The zero-order valence-electron chi connectivity index (χ0n) is 11.0. The van der Waals surface area contributed by atoms with Crippen molar-refractivity contribution in [2.24, 2.45) is 7.05 Å². The molecule has 3 aromatic rings. The monoisotopic (exact) mass is 287 g/mol. The second kappa shape index (κ2) is 5.48. The SMILES string of the molecule is Cn1nnc2ccc(CNNc3ccc(Cl)cc3)cc21. The van der Waals surface area contributed by atoms with E-state index in [9.17, 15) is 0 Å². The lowest BCUT2D eigenvalue weighted by Crippen LogP contribution is -2.20. The lowest BCUT2D eigenvalue weighted by atomic mass is 10.2. The predicted molar refractivity (Wildman–Crippen MR) is 80.4 cm³/mol. The molecule has 0 atom stereocenters. The zero-order chi connectivity index (χ0) is 13.9. The average molecular weight is 288 g/mol. The van der Waals surface area contributed by atoms with Crippen molar-refractivity contribution >= 4 is 28.3 Å². The minimum absolute atomic E-state index is 0.698. The Morgan fingerprint density at radius 3 is 2.75 bits per heavy atom. The van der Waals surface area contributed by atoms with Gasteiger partial charge in [0.05, 0.1) is 5.52 Å². The molecule has 0 unspecified atom stereocenters. The second-order valence-corrected chi connectivity index (χ2v) is 4.96. The summed E-state index contributed by atoms with van der Waals surface area (Å²) in [5, 5.41) is 8.78. The maximum Gasteiger partial charge on any atom is 0.113 e. The molecule has 0 fully saturated rings. The lowest BCUT2D eigenvalue weighted by molar-refractivity contribution is 0.735. The van der Waals surface area contributed by atoms with Gasteiger partial charge in [0, 0.05) is 24.3 Å². The molecule has 0 spiro atoms. The summed E-state index contributed by atoms with van der Waals surface area (Å²) in [4.78, 5) is 0. The van der Waals surface area contributed by atoms with Gasteiger partial charge in [-0.1, -0.05) is 22.9 Å². The fourth-order valence-corrected chi connectivity index (χ4v) is 2.09. The maximum atomic E-state index is 5.84. The number of hydrogen-bond acceptors (Lipinski definition) is 4. The highest BCUT2D eigenvalue weighted by molar-refractivity contribution is 6.30. The number of nitrogens with zero attached hydrogens (tertiary/aromatic N) is 3. The molecule has 0 amide bonds. The number of hydrogen-bond donors (Lipinski definition) is 2. The van der Waals surface area contributed by atoms with Gasteiger partial charge in [-0.05, 0) is 42.0 Å². The molecule has 3 rings (SSSR count). The number of benzene rings is 2. The summed E-state index contributed by atoms with van der Waals surface area (Å²) in [7, 11) is 1.89. The molecule has 0 aliphatic rings. The summed E-state index contributed by atoms with van der Waals surface area (Å²) >= 11 is 5.84. The first-order chi connectivity index (χ1) is 9.72. The van der Waals surface area contributed by atoms with Crippen LogP contribution in [0.3, 0.4) is 0 Å². The van der Waals surface area contributed by atoms with Crippen molar-refractivity contribution in [2.75, 3.05) is 5.43 Å². The minimum Gasteiger partial charge on any atom is -0.321 e. The van der Waals surface area contributed by atoms with Crippen LogP contribution in [0.5, 0.6) is 0 Å². The standard InChI is InChI=1S/C14H14ClN5/c1-20-14-8-10(2-7-13(14)18-19-20)9-16-17-12-5-3-11(15)4-6-12/h2-8,16-17H,9H2,1H3. The van der Waals surface area contributed by atoms with Crippen LogP contribution >= 0.6 is 11.6 Å². The van der Waals surface area contributed by atoms with Gasteiger partial charge in [-0.25, -0.2) is 10.1 Å². The lowest BCUT2D eigenvalue weighted by Gasteiger charge is -2.08. The highest BCUT2D eigenvalue weighted by atomic mass is 35.5. The van der Waals surface area contributed by atoms with Crippen LogP contribution in [-0.2, 0) is 13.6 Å². The van der Waals surface area contributed by atoms with Crippen LogP contribution in [-0.4, -0.2) is 15.0 Å². The minimum atomic E-state index is 0.698. The highest BCUT2D eigenvalue weighted by Gasteiger charge is 2.02. The first-order valence-corrected chi connectivity index (χ1v) is 6.63. The number of anilines is 1. The van der Waals surface area contributed by atoms with Gasteiger partial charge in [0.25, 0.3) is 0 Å². The Labute approximate surface area is 121 Å². The van der Waals surface area contributed by atoms with Gasteiger partial charge in [0.15, 0.2) is 0 Å². The third kappa shape index (κ3) is 2.74. The Morgan fingerprint density at radius 1 is 1.15 bits per heavy atom. The van der Waals surface area contributed by atoms with Crippen molar-refractivity contribution in [2.45, 2.75) is 6.54 Å². The number of aryl methyl sites for hydroxylation is 1. The summed E-state index contributed by atoms with van der Waals surface area (Å²) in [6.45, 7) is 0.698. The Hall–Kier alpha value is -2.11. The maximum absolute atomic E-state index is 5.84. The van der Waals surface area contributed by atoms with E-state index in [1.807, 2.05) is 43.4 Å². The van der Waals surface area contributed by atoms with Gasteiger partial charge < -0.3 is 5.43 Å². The normalized spacial score (nSPS) is 10.9. The van der Waals surface area contributed by atoms with E-state index in [0.717, 1.165) is 27.3 Å². The van der Waals surface area contributed by atoms with E-state index in [0.29, 0.717) is 6.54 Å². The Morgan fingerprint density at radius 2 is 1.95 bits per heavy atom. The Balaban J connectivity index is 1.64. The van der Waals surface area contributed by atoms with Crippen LogP contribution in [0, 0.1) is 0 Å². The number of nitrogens with one attached hydrogen (secondary N) is 2. The van der Waals surface area contributed by atoms with E-state index >= 15 is 0 Å². The molecule has 0 aliphatic carbocycles. The molecular weight excluding hydrogens is 274 g/mol. The number of rotatable bonds is 4. The van der Waals surface area contributed by atoms with Gasteiger partial charge in [0.2, 0.25) is 0 Å². The molecule has 6 heteroatoms. The van der Waals surface area contributed by atoms with E-state index in [2.05, 4.69) is 27.2 Å². The molecule has 0 saturated carbocycles. The van der Waals surface area contributed by atoms with Crippen molar-refractivity contribution in [3.63, 3.8) is 0 Å². The van der Waals surface area contributed by atoms with E-state index in [-0.39, 0.29) is 0 Å². The highest BCUT2D eigenvalue weighted by Crippen LogP contribution is 2.14. The smallest absolute Gasteiger partial charge is 0.113 e. The summed E-state index contributed by atoms with van der Waals surface area (Å²) in [6, 6.07) is 13.6. The Bertz CT molecular complexity index is 720. The molecular formula is C14H14ClN5. The number of fused-ring (bicyclic) bond motifs is 1. The van der Waals surface area contributed by atoms with Crippen LogP contribution < -0.4 is 10.9 Å². The van der Waals surface area contributed by atoms with Crippen molar-refractivity contribution in [1.29, 1.82) is 0 Å². The second-order valence-electron chi connectivity index (χ2n) is 4.52.